The van der Waals surface area contributed by atoms with Gasteiger partial charge in [0.15, 0.2) is 5.96 Å². The molecule has 28 heavy (non-hydrogen) atoms. The van der Waals surface area contributed by atoms with Crippen LogP contribution in [0.2, 0.25) is 0 Å². The van der Waals surface area contributed by atoms with Gasteiger partial charge in [-0.1, -0.05) is 26.0 Å². The van der Waals surface area contributed by atoms with E-state index in [0.717, 1.165) is 12.0 Å². The second-order valence-corrected chi connectivity index (χ2v) is 7.58. The average Bonchev–Trinajstić information content (AvgIpc) is 2.88. The quantitative estimate of drug-likeness (QED) is 0.407. The van der Waals surface area contributed by atoms with Crippen LogP contribution in [-0.2, 0) is 16.0 Å². The molecule has 0 aromatic heterocycles. The van der Waals surface area contributed by atoms with E-state index in [1.807, 2.05) is 38.1 Å². The van der Waals surface area contributed by atoms with Gasteiger partial charge in [0.1, 0.15) is 12.4 Å². The first-order chi connectivity index (χ1) is 13.3. The minimum absolute atomic E-state index is 0.0817. The lowest BCUT2D eigenvalue weighted by molar-refractivity contribution is -0.142. The van der Waals surface area contributed by atoms with E-state index in [4.69, 9.17) is 21.3 Å². The third kappa shape index (κ3) is 6.44. The van der Waals surface area contributed by atoms with E-state index in [1.165, 1.54) is 0 Å². The molecule has 0 aliphatic carbocycles. The molecular formula is C20H30N4O4. The number of aliphatic carboxylic acids is 1. The number of nitrogens with zero attached hydrogens (tertiary/aromatic N) is 2. The van der Waals surface area contributed by atoms with Gasteiger partial charge in [0.05, 0.1) is 18.4 Å². The molecule has 0 unspecified atom stereocenters. The highest BCUT2D eigenvalue weighted by molar-refractivity contribution is 5.85. The Hall–Kier alpha value is -2.77. The Labute approximate surface area is 165 Å². The summed E-state index contributed by atoms with van der Waals surface area (Å²) in [6.45, 7) is 5.56. The molecule has 1 aliphatic heterocycles. The minimum atomic E-state index is -0.944. The fraction of sp³-hybridized carbons (Fsp3) is 0.550. The molecule has 1 aliphatic rings. The van der Waals surface area contributed by atoms with E-state index in [0.29, 0.717) is 37.8 Å². The summed E-state index contributed by atoms with van der Waals surface area (Å²) in [5.74, 6) is -0.398. The molecule has 1 fully saturated rings. The van der Waals surface area contributed by atoms with E-state index in [9.17, 15) is 9.59 Å². The summed E-state index contributed by atoms with van der Waals surface area (Å²) in [5.41, 5.74) is 11.7. The number of likely N-dealkylation sites (tertiary alicyclic amines) is 1. The van der Waals surface area contributed by atoms with Crippen molar-refractivity contribution in [1.82, 2.24) is 4.90 Å². The number of nitrogens with two attached hydrogens (primary N) is 2. The number of carbonyl (C=O) groups is 2. The molecule has 0 bridgehead atoms. The van der Waals surface area contributed by atoms with Crippen LogP contribution >= 0.6 is 0 Å². The van der Waals surface area contributed by atoms with Crippen molar-refractivity contribution in [2.24, 2.45) is 28.3 Å². The fourth-order valence-corrected chi connectivity index (χ4v) is 3.40. The molecule has 154 valence electrons. The number of rotatable bonds is 10. The van der Waals surface area contributed by atoms with Gasteiger partial charge in [0.25, 0.3) is 0 Å². The Morgan fingerprint density at radius 3 is 2.57 bits per heavy atom. The maximum Gasteiger partial charge on any atom is 0.304 e. The number of carboxylic acids is 1. The molecule has 5 N–H and O–H groups in total. The monoisotopic (exact) mass is 390 g/mol. The maximum absolute atomic E-state index is 12.6. The van der Waals surface area contributed by atoms with E-state index in [2.05, 4.69) is 4.99 Å². The van der Waals surface area contributed by atoms with Crippen molar-refractivity contribution in [3.63, 3.8) is 0 Å². The van der Waals surface area contributed by atoms with Gasteiger partial charge in [-0.3, -0.25) is 14.6 Å². The lowest BCUT2D eigenvalue weighted by Gasteiger charge is -2.26. The molecule has 8 heteroatoms. The number of amides is 1. The van der Waals surface area contributed by atoms with E-state index in [1.54, 1.807) is 4.90 Å². The molecule has 1 amide bonds. The highest BCUT2D eigenvalue weighted by Gasteiger charge is 2.40. The Morgan fingerprint density at radius 1 is 1.32 bits per heavy atom. The number of aliphatic imine (C=N–C) groups is 1. The van der Waals surface area contributed by atoms with Gasteiger partial charge in [-0.2, -0.15) is 0 Å². The third-order valence-electron chi connectivity index (χ3n) is 4.67. The van der Waals surface area contributed by atoms with Gasteiger partial charge >= 0.3 is 5.97 Å². The van der Waals surface area contributed by atoms with Gasteiger partial charge in [-0.05, 0) is 36.5 Å². The van der Waals surface area contributed by atoms with Crippen LogP contribution in [-0.4, -0.2) is 53.6 Å². The molecule has 2 atom stereocenters. The SMILES string of the molecule is CC(C)CN1C(=O)[C@H](CC(=O)O)C[C@H]1COc1ccc(CCN=C(N)N)cc1. The predicted molar refractivity (Wildman–Crippen MR) is 107 cm³/mol. The third-order valence-corrected chi connectivity index (χ3v) is 4.67. The Kier molecular flexibility index (Phi) is 7.66. The van der Waals surface area contributed by atoms with Crippen molar-refractivity contribution in [3.05, 3.63) is 29.8 Å². The Morgan fingerprint density at radius 2 is 2.00 bits per heavy atom. The van der Waals surface area contributed by atoms with Crippen molar-refractivity contribution in [2.45, 2.75) is 39.2 Å². The van der Waals surface area contributed by atoms with Crippen molar-refractivity contribution < 1.29 is 19.4 Å². The minimum Gasteiger partial charge on any atom is -0.491 e. The van der Waals surface area contributed by atoms with Gasteiger partial charge in [-0.25, -0.2) is 0 Å². The van der Waals surface area contributed by atoms with Crippen molar-refractivity contribution >= 4 is 17.8 Å². The van der Waals surface area contributed by atoms with Gasteiger partial charge in [0.2, 0.25) is 5.91 Å². The number of carboxylic acid groups (broad SMARTS) is 1. The Bertz CT molecular complexity index is 699. The summed E-state index contributed by atoms with van der Waals surface area (Å²) in [4.78, 5) is 29.3. The second-order valence-electron chi connectivity index (χ2n) is 7.58. The molecule has 0 spiro atoms. The number of benzene rings is 1. The fourth-order valence-electron chi connectivity index (χ4n) is 3.40. The topological polar surface area (TPSA) is 131 Å². The molecule has 8 nitrogen and oxygen atoms in total. The summed E-state index contributed by atoms with van der Waals surface area (Å²) < 4.78 is 5.89. The van der Waals surface area contributed by atoms with Crippen molar-refractivity contribution in [2.75, 3.05) is 19.7 Å². The molecule has 0 radical (unpaired) electrons. The lowest BCUT2D eigenvalue weighted by Crippen LogP contribution is -2.39. The summed E-state index contributed by atoms with van der Waals surface area (Å²) in [6.07, 6.45) is 1.11. The molecule has 0 saturated carbocycles. The molecule has 1 heterocycles. The standard InChI is InChI=1S/C20H30N4O4/c1-13(2)11-24-16(9-15(19(24)27)10-18(25)26)12-28-17-5-3-14(4-6-17)7-8-23-20(21)22/h3-6,13,15-16H,7-12H2,1-2H3,(H,25,26)(H4,21,22,23)/t15-,16-/m0/s1. The molecular weight excluding hydrogens is 360 g/mol. The number of hydrogen-bond donors (Lipinski definition) is 3. The zero-order chi connectivity index (χ0) is 20.7. The van der Waals surface area contributed by atoms with Crippen LogP contribution in [0, 0.1) is 11.8 Å². The summed E-state index contributed by atoms with van der Waals surface area (Å²) in [7, 11) is 0. The number of ether oxygens (including phenoxy) is 1. The summed E-state index contributed by atoms with van der Waals surface area (Å²) in [5, 5.41) is 9.05. The highest BCUT2D eigenvalue weighted by Crippen LogP contribution is 2.29. The number of carbonyl (C=O) groups excluding carboxylic acids is 1. The first-order valence-electron chi connectivity index (χ1n) is 9.55. The van der Waals surface area contributed by atoms with Crippen LogP contribution < -0.4 is 16.2 Å². The van der Waals surface area contributed by atoms with Crippen molar-refractivity contribution in [3.8, 4) is 5.75 Å². The first-order valence-corrected chi connectivity index (χ1v) is 9.55. The first kappa shape index (κ1) is 21.5. The molecule has 2 rings (SSSR count). The van der Waals surface area contributed by atoms with Crippen LogP contribution in [0.5, 0.6) is 5.75 Å². The zero-order valence-corrected chi connectivity index (χ0v) is 16.5. The van der Waals surface area contributed by atoms with Crippen LogP contribution in [0.4, 0.5) is 0 Å². The van der Waals surface area contributed by atoms with Crippen LogP contribution in [0.25, 0.3) is 0 Å². The van der Waals surface area contributed by atoms with Crippen LogP contribution in [0.3, 0.4) is 0 Å². The largest absolute Gasteiger partial charge is 0.491 e. The highest BCUT2D eigenvalue weighted by atomic mass is 16.5. The van der Waals surface area contributed by atoms with E-state index < -0.39 is 11.9 Å². The van der Waals surface area contributed by atoms with Crippen LogP contribution in [0.15, 0.2) is 29.3 Å². The maximum atomic E-state index is 12.6. The number of guanidine groups is 1. The number of hydrogen-bond acceptors (Lipinski definition) is 4. The normalized spacial score (nSPS) is 19.1. The van der Waals surface area contributed by atoms with Crippen LogP contribution in [0.1, 0.15) is 32.3 Å². The Balaban J connectivity index is 1.94. The van der Waals surface area contributed by atoms with Gasteiger partial charge in [-0.15, -0.1) is 0 Å². The van der Waals surface area contributed by atoms with Gasteiger partial charge in [0, 0.05) is 13.1 Å². The van der Waals surface area contributed by atoms with Gasteiger partial charge < -0.3 is 26.2 Å². The summed E-state index contributed by atoms with van der Waals surface area (Å²) in [6, 6.07) is 7.56. The molecule has 1 saturated heterocycles. The zero-order valence-electron chi connectivity index (χ0n) is 16.5. The second kappa shape index (κ2) is 9.96. The smallest absolute Gasteiger partial charge is 0.304 e. The molecule has 1 aromatic carbocycles. The van der Waals surface area contributed by atoms with Crippen molar-refractivity contribution in [1.29, 1.82) is 0 Å². The molecule has 1 aromatic rings. The van der Waals surface area contributed by atoms with E-state index >= 15 is 0 Å². The lowest BCUT2D eigenvalue weighted by atomic mass is 10.0. The predicted octanol–water partition coefficient (Wildman–Crippen LogP) is 1.23. The van der Waals surface area contributed by atoms with E-state index in [-0.39, 0.29) is 24.3 Å². The summed E-state index contributed by atoms with van der Waals surface area (Å²) >= 11 is 0. The average molecular weight is 390 g/mol.